The van der Waals surface area contributed by atoms with Crippen molar-refractivity contribution in [3.63, 3.8) is 0 Å². The Balaban J connectivity index is 2.08. The van der Waals surface area contributed by atoms with Crippen molar-refractivity contribution in [1.82, 2.24) is 9.97 Å². The van der Waals surface area contributed by atoms with Gasteiger partial charge in [0.2, 0.25) is 0 Å². The molecule has 1 aromatic heterocycles. The lowest BCUT2D eigenvalue weighted by atomic mass is 9.87. The molecule has 2 heterocycles. The molecule has 0 N–H and O–H groups in total. The summed E-state index contributed by atoms with van der Waals surface area (Å²) >= 11 is 6.03. The van der Waals surface area contributed by atoms with Gasteiger partial charge in [-0.2, -0.15) is 0 Å². The van der Waals surface area contributed by atoms with Crippen LogP contribution in [0.15, 0.2) is 6.33 Å². The standard InChI is InChI=1S/C13H20ClN3/c1-9(2)11-4-6-17(7-5-11)13-10(3)12(14)15-8-16-13/h8-9,11H,4-7H2,1-3H3. The predicted molar refractivity (Wildman–Crippen MR) is 71.6 cm³/mol. The quantitative estimate of drug-likeness (QED) is 0.758. The molecule has 2 rings (SSSR count). The van der Waals surface area contributed by atoms with Crippen LogP contribution in [0.5, 0.6) is 0 Å². The maximum Gasteiger partial charge on any atom is 0.137 e. The Bertz CT molecular complexity index is 384. The van der Waals surface area contributed by atoms with Gasteiger partial charge in [0.05, 0.1) is 0 Å². The Morgan fingerprint density at radius 3 is 2.53 bits per heavy atom. The molecule has 0 unspecified atom stereocenters. The van der Waals surface area contributed by atoms with Crippen molar-refractivity contribution in [2.24, 2.45) is 11.8 Å². The van der Waals surface area contributed by atoms with Crippen LogP contribution in [0.1, 0.15) is 32.3 Å². The zero-order chi connectivity index (χ0) is 12.4. The third kappa shape index (κ3) is 2.71. The normalized spacial score (nSPS) is 17.8. The Kier molecular flexibility index (Phi) is 3.87. The van der Waals surface area contributed by atoms with Gasteiger partial charge in [-0.3, -0.25) is 0 Å². The van der Waals surface area contributed by atoms with E-state index >= 15 is 0 Å². The van der Waals surface area contributed by atoms with Gasteiger partial charge in [0, 0.05) is 18.7 Å². The third-order valence-corrected chi connectivity index (χ3v) is 4.16. The molecule has 1 saturated heterocycles. The Hall–Kier alpha value is -0.830. The molecule has 1 aliphatic rings. The van der Waals surface area contributed by atoms with Crippen LogP contribution in [0.25, 0.3) is 0 Å². The summed E-state index contributed by atoms with van der Waals surface area (Å²) in [6.07, 6.45) is 4.05. The van der Waals surface area contributed by atoms with E-state index in [1.165, 1.54) is 12.8 Å². The molecule has 1 fully saturated rings. The van der Waals surface area contributed by atoms with Crippen molar-refractivity contribution < 1.29 is 0 Å². The second kappa shape index (κ2) is 5.21. The lowest BCUT2D eigenvalue weighted by Gasteiger charge is -2.35. The van der Waals surface area contributed by atoms with Crippen molar-refractivity contribution in [1.29, 1.82) is 0 Å². The van der Waals surface area contributed by atoms with Crippen molar-refractivity contribution in [3.8, 4) is 0 Å². The van der Waals surface area contributed by atoms with Gasteiger partial charge in [0.25, 0.3) is 0 Å². The number of aromatic nitrogens is 2. The predicted octanol–water partition coefficient (Wildman–Crippen LogP) is 3.31. The van der Waals surface area contributed by atoms with E-state index in [9.17, 15) is 0 Å². The smallest absolute Gasteiger partial charge is 0.137 e. The molecule has 0 radical (unpaired) electrons. The first-order valence-corrected chi connectivity index (χ1v) is 6.69. The highest BCUT2D eigenvalue weighted by atomic mass is 35.5. The van der Waals surface area contributed by atoms with Crippen LogP contribution in [0.3, 0.4) is 0 Å². The maximum atomic E-state index is 6.03. The van der Waals surface area contributed by atoms with Gasteiger partial charge >= 0.3 is 0 Å². The maximum absolute atomic E-state index is 6.03. The minimum atomic E-state index is 0.570. The first-order chi connectivity index (χ1) is 8.09. The van der Waals surface area contributed by atoms with E-state index in [0.29, 0.717) is 5.15 Å². The Morgan fingerprint density at radius 2 is 1.94 bits per heavy atom. The van der Waals surface area contributed by atoms with Crippen LogP contribution in [0, 0.1) is 18.8 Å². The number of anilines is 1. The first kappa shape index (κ1) is 12.6. The molecular formula is C13H20ClN3. The van der Waals surface area contributed by atoms with Gasteiger partial charge in [-0.1, -0.05) is 25.4 Å². The number of halogens is 1. The van der Waals surface area contributed by atoms with Gasteiger partial charge in [0.1, 0.15) is 17.3 Å². The molecular weight excluding hydrogens is 234 g/mol. The van der Waals surface area contributed by atoms with E-state index in [-0.39, 0.29) is 0 Å². The van der Waals surface area contributed by atoms with E-state index < -0.39 is 0 Å². The van der Waals surface area contributed by atoms with Crippen LogP contribution in [0.2, 0.25) is 5.15 Å². The summed E-state index contributed by atoms with van der Waals surface area (Å²) in [7, 11) is 0. The van der Waals surface area contributed by atoms with Crippen molar-refractivity contribution in [2.45, 2.75) is 33.6 Å². The average molecular weight is 254 g/mol. The minimum absolute atomic E-state index is 0.570. The number of rotatable bonds is 2. The van der Waals surface area contributed by atoms with Gasteiger partial charge in [-0.25, -0.2) is 9.97 Å². The molecule has 0 atom stereocenters. The fourth-order valence-corrected chi connectivity index (χ4v) is 2.65. The second-order valence-electron chi connectivity index (χ2n) is 5.18. The molecule has 17 heavy (non-hydrogen) atoms. The molecule has 3 nitrogen and oxygen atoms in total. The summed E-state index contributed by atoms with van der Waals surface area (Å²) in [6, 6.07) is 0. The molecule has 0 spiro atoms. The van der Waals surface area contributed by atoms with E-state index in [4.69, 9.17) is 11.6 Å². The minimum Gasteiger partial charge on any atom is -0.356 e. The van der Waals surface area contributed by atoms with E-state index in [1.807, 2.05) is 6.92 Å². The molecule has 1 aliphatic heterocycles. The van der Waals surface area contributed by atoms with E-state index in [2.05, 4.69) is 28.7 Å². The van der Waals surface area contributed by atoms with Crippen molar-refractivity contribution in [2.75, 3.05) is 18.0 Å². The lowest BCUT2D eigenvalue weighted by molar-refractivity contribution is 0.310. The zero-order valence-electron chi connectivity index (χ0n) is 10.8. The molecule has 4 heteroatoms. The highest BCUT2D eigenvalue weighted by molar-refractivity contribution is 6.30. The molecule has 0 saturated carbocycles. The third-order valence-electron chi connectivity index (χ3n) is 3.78. The zero-order valence-corrected chi connectivity index (χ0v) is 11.5. The van der Waals surface area contributed by atoms with Crippen LogP contribution in [-0.4, -0.2) is 23.1 Å². The largest absolute Gasteiger partial charge is 0.356 e. The summed E-state index contributed by atoms with van der Waals surface area (Å²) in [5.41, 5.74) is 0.997. The SMILES string of the molecule is Cc1c(Cl)ncnc1N1CCC(C(C)C)CC1. The van der Waals surface area contributed by atoms with Crippen molar-refractivity contribution in [3.05, 3.63) is 17.0 Å². The molecule has 0 amide bonds. The second-order valence-corrected chi connectivity index (χ2v) is 5.54. The van der Waals surface area contributed by atoms with Crippen LogP contribution < -0.4 is 4.90 Å². The van der Waals surface area contributed by atoms with Crippen LogP contribution >= 0.6 is 11.6 Å². The molecule has 94 valence electrons. The molecule has 1 aromatic rings. The van der Waals surface area contributed by atoms with E-state index in [0.717, 1.165) is 36.3 Å². The Morgan fingerprint density at radius 1 is 1.29 bits per heavy atom. The van der Waals surface area contributed by atoms with E-state index in [1.54, 1.807) is 6.33 Å². The summed E-state index contributed by atoms with van der Waals surface area (Å²) in [4.78, 5) is 10.7. The lowest BCUT2D eigenvalue weighted by Crippen LogP contribution is -2.36. The highest BCUT2D eigenvalue weighted by Gasteiger charge is 2.23. The van der Waals surface area contributed by atoms with Gasteiger partial charge in [-0.05, 0) is 31.6 Å². The average Bonchev–Trinajstić information content (AvgIpc) is 2.33. The fraction of sp³-hybridized carbons (Fsp3) is 0.692. The number of hydrogen-bond donors (Lipinski definition) is 0. The van der Waals surface area contributed by atoms with Crippen molar-refractivity contribution >= 4 is 17.4 Å². The summed E-state index contributed by atoms with van der Waals surface area (Å²) in [5, 5.41) is 0.570. The number of piperidine rings is 1. The van der Waals surface area contributed by atoms with Crippen LogP contribution in [0.4, 0.5) is 5.82 Å². The molecule has 0 aliphatic carbocycles. The summed E-state index contributed by atoms with van der Waals surface area (Å²) in [6.45, 7) is 8.78. The summed E-state index contributed by atoms with van der Waals surface area (Å²) < 4.78 is 0. The monoisotopic (exact) mass is 253 g/mol. The van der Waals surface area contributed by atoms with Gasteiger partial charge in [0.15, 0.2) is 0 Å². The first-order valence-electron chi connectivity index (χ1n) is 6.31. The number of hydrogen-bond acceptors (Lipinski definition) is 3. The molecule has 0 aromatic carbocycles. The summed E-state index contributed by atoms with van der Waals surface area (Å²) in [5.74, 6) is 2.64. The highest BCUT2D eigenvalue weighted by Crippen LogP contribution is 2.29. The fourth-order valence-electron chi connectivity index (χ4n) is 2.52. The van der Waals surface area contributed by atoms with Gasteiger partial charge in [-0.15, -0.1) is 0 Å². The topological polar surface area (TPSA) is 29.0 Å². The molecule has 0 bridgehead atoms. The van der Waals surface area contributed by atoms with Crippen LogP contribution in [-0.2, 0) is 0 Å². The number of nitrogens with zero attached hydrogens (tertiary/aromatic N) is 3. The Labute approximate surface area is 108 Å². The van der Waals surface area contributed by atoms with Gasteiger partial charge < -0.3 is 4.90 Å².